The first-order chi connectivity index (χ1) is 10.6. The second kappa shape index (κ2) is 11.3. The van der Waals surface area contributed by atoms with Crippen molar-refractivity contribution in [2.24, 2.45) is 0 Å². The molecule has 0 radical (unpaired) electrons. The third-order valence-electron chi connectivity index (χ3n) is 3.38. The van der Waals surface area contributed by atoms with Crippen LogP contribution in [-0.2, 0) is 0 Å². The van der Waals surface area contributed by atoms with Gasteiger partial charge < -0.3 is 0 Å². The summed E-state index contributed by atoms with van der Waals surface area (Å²) in [6, 6.07) is 13.2. The normalized spacial score (nSPS) is 9.42. The smallest absolute Gasteiger partial charge is 0.281 e. The van der Waals surface area contributed by atoms with Crippen molar-refractivity contribution >= 4 is 47.0 Å². The molecule has 0 atom stereocenters. The zero-order valence-electron chi connectivity index (χ0n) is 13.0. The first-order valence-electron chi connectivity index (χ1n) is 7.09. The molecule has 0 fully saturated rings. The number of hydrogen-bond donors (Lipinski definition) is 0. The van der Waals surface area contributed by atoms with Gasteiger partial charge >= 0.3 is 14.5 Å². The van der Waals surface area contributed by atoms with Crippen LogP contribution in [0.5, 0.6) is 0 Å². The summed E-state index contributed by atoms with van der Waals surface area (Å²) in [5.74, 6) is 0. The first kappa shape index (κ1) is 24.5. The minimum absolute atomic E-state index is 0. The molecule has 24 heavy (non-hydrogen) atoms. The van der Waals surface area contributed by atoms with Crippen LogP contribution in [0.1, 0.15) is 13.8 Å². The van der Waals surface area contributed by atoms with Crippen LogP contribution >= 0.6 is 0 Å². The summed E-state index contributed by atoms with van der Waals surface area (Å²) in [5.41, 5.74) is -1.19. The van der Waals surface area contributed by atoms with Crippen molar-refractivity contribution < 1.29 is 92.7 Å². The summed E-state index contributed by atoms with van der Waals surface area (Å²) in [4.78, 5) is 0. The van der Waals surface area contributed by atoms with Gasteiger partial charge in [0.1, 0.15) is 0 Å². The largest absolute Gasteiger partial charge is 0.571 e. The van der Waals surface area contributed by atoms with Crippen molar-refractivity contribution in [1.82, 2.24) is 0 Å². The second-order valence-corrected chi connectivity index (χ2v) is 4.63. The van der Waals surface area contributed by atoms with Crippen molar-refractivity contribution in [3.05, 3.63) is 48.5 Å². The van der Waals surface area contributed by atoms with Gasteiger partial charge in [0.15, 0.2) is 0 Å². The maximum Gasteiger partial charge on any atom is 0.571 e. The summed E-state index contributed by atoms with van der Waals surface area (Å²) in [7, 11) is -5.82. The Labute approximate surface area is 199 Å². The minimum Gasteiger partial charge on any atom is -0.281 e. The van der Waals surface area contributed by atoms with Gasteiger partial charge in [0.25, 0.3) is 0 Å². The van der Waals surface area contributed by atoms with E-state index >= 15 is 0 Å². The molecule has 8 heteroatoms. The molecule has 0 amide bonds. The van der Waals surface area contributed by atoms with Gasteiger partial charge in [-0.3, -0.25) is 17.3 Å². The van der Waals surface area contributed by atoms with E-state index < -0.39 is 25.5 Å². The van der Waals surface area contributed by atoms with Crippen molar-refractivity contribution in [2.45, 2.75) is 13.8 Å². The van der Waals surface area contributed by atoms with E-state index in [1.54, 1.807) is 12.1 Å². The van der Waals surface area contributed by atoms with Crippen LogP contribution in [-0.4, -0.2) is 14.5 Å². The minimum atomic E-state index is -2.91. The summed E-state index contributed by atoms with van der Waals surface area (Å²) < 4.78 is 51.6. The molecule has 0 nitrogen and oxygen atoms in total. The van der Waals surface area contributed by atoms with Gasteiger partial charge in [-0.2, -0.15) is 0 Å². The van der Waals surface area contributed by atoms with Crippen molar-refractivity contribution in [2.75, 3.05) is 0 Å². The monoisotopic (exact) mass is 384 g/mol. The Morgan fingerprint density at radius 3 is 1.21 bits per heavy atom. The molecule has 0 aliphatic heterocycles. The fourth-order valence-electron chi connectivity index (χ4n) is 2.41. The SMILES string of the molecule is CC.FB(F)c1cc2cc3ccccc3cc2cc1B(F)F.[Ar].[Ar]. The molecular weight excluding hydrogens is 370 g/mol. The van der Waals surface area contributed by atoms with Gasteiger partial charge in [0.05, 0.1) is 0 Å². The molecule has 0 bridgehead atoms. The van der Waals surface area contributed by atoms with Crippen molar-refractivity contribution in [1.29, 1.82) is 0 Å². The molecule has 3 aromatic rings. The second-order valence-electron chi connectivity index (χ2n) is 4.63. The molecule has 0 aliphatic rings. The fraction of sp³-hybridized carbons (Fsp3) is 0.125. The molecular formula is C16H14Ar2B2F4. The Kier molecular flexibility index (Phi) is 11.6. The van der Waals surface area contributed by atoms with Crippen LogP contribution in [0.25, 0.3) is 21.5 Å². The summed E-state index contributed by atoms with van der Waals surface area (Å²) in [5, 5.41) is 2.88. The van der Waals surface area contributed by atoms with Crippen molar-refractivity contribution in [3.63, 3.8) is 0 Å². The molecule has 0 aromatic heterocycles. The van der Waals surface area contributed by atoms with E-state index in [2.05, 4.69) is 0 Å². The number of fused-ring (bicyclic) bond motifs is 2. The van der Waals surface area contributed by atoms with Gasteiger partial charge in [-0.25, -0.2) is 0 Å². The van der Waals surface area contributed by atoms with Crippen molar-refractivity contribution in [3.8, 4) is 0 Å². The quantitative estimate of drug-likeness (QED) is 0.352. The maximum atomic E-state index is 12.9. The number of benzene rings is 3. The molecule has 128 valence electrons. The van der Waals surface area contributed by atoms with Crippen LogP contribution in [0.2, 0.25) is 0 Å². The van der Waals surface area contributed by atoms with Crippen LogP contribution in [0.15, 0.2) is 48.5 Å². The molecule has 0 saturated heterocycles. The molecule has 0 saturated carbocycles. The number of halogens is 4. The third-order valence-corrected chi connectivity index (χ3v) is 3.38. The van der Waals surface area contributed by atoms with Gasteiger partial charge in [-0.1, -0.05) is 50.2 Å². The maximum absolute atomic E-state index is 12.9. The third kappa shape index (κ3) is 5.52. The Morgan fingerprint density at radius 1 is 0.583 bits per heavy atom. The van der Waals surface area contributed by atoms with Crippen LogP contribution in [0.4, 0.5) is 17.3 Å². The Hall–Kier alpha value is 0.549. The summed E-state index contributed by atoms with van der Waals surface area (Å²) in [6.45, 7) is 4.00. The van der Waals surface area contributed by atoms with E-state index in [4.69, 9.17) is 0 Å². The predicted octanol–water partition coefficient (Wildman–Crippen LogP) is 4.29. The van der Waals surface area contributed by atoms with E-state index in [0.717, 1.165) is 22.9 Å². The Bertz CT molecular complexity index is 731. The topological polar surface area (TPSA) is 0 Å². The molecule has 0 unspecified atom stereocenters. The van der Waals surface area contributed by atoms with E-state index in [-0.39, 0.29) is 75.5 Å². The zero-order valence-corrected chi connectivity index (χ0v) is 14.4. The van der Waals surface area contributed by atoms with Crippen LogP contribution in [0, 0.1) is 75.5 Å². The fourth-order valence-corrected chi connectivity index (χ4v) is 2.41. The Balaban J connectivity index is 0.00000128. The molecule has 0 aliphatic carbocycles. The molecule has 0 spiro atoms. The molecule has 3 aromatic carbocycles. The van der Waals surface area contributed by atoms with E-state index in [0.29, 0.717) is 10.8 Å². The van der Waals surface area contributed by atoms with Gasteiger partial charge in [-0.05, 0) is 44.6 Å². The number of rotatable bonds is 2. The summed E-state index contributed by atoms with van der Waals surface area (Å²) >= 11 is 0. The van der Waals surface area contributed by atoms with Gasteiger partial charge in [0, 0.05) is 75.5 Å². The molecule has 3 rings (SSSR count). The van der Waals surface area contributed by atoms with E-state index in [1.807, 2.05) is 38.1 Å². The van der Waals surface area contributed by atoms with E-state index in [9.17, 15) is 17.3 Å². The predicted molar refractivity (Wildman–Crippen MR) is 88.0 cm³/mol. The van der Waals surface area contributed by atoms with E-state index in [1.165, 1.54) is 0 Å². The molecule has 0 N–H and O–H groups in total. The zero-order chi connectivity index (χ0) is 16.3. The summed E-state index contributed by atoms with van der Waals surface area (Å²) in [6.07, 6.45) is 0. The first-order valence-corrected chi connectivity index (χ1v) is 7.09. The van der Waals surface area contributed by atoms with Crippen LogP contribution in [0.3, 0.4) is 0 Å². The van der Waals surface area contributed by atoms with Gasteiger partial charge in [0.2, 0.25) is 0 Å². The number of hydrogen-bond acceptors (Lipinski definition) is 0. The molecule has 0 heterocycles. The van der Waals surface area contributed by atoms with Gasteiger partial charge in [-0.15, -0.1) is 0 Å². The Morgan fingerprint density at radius 2 is 0.917 bits per heavy atom. The standard InChI is InChI=1S/C14H8B2F4.C2H6.2Ar/c17-15(18)13-7-11-5-9-3-1-2-4-10(9)6-12(11)8-14(13)16(19)20;1-2;;/h1-8H;1-2H3;;. The average molecular weight is 384 g/mol. The average Bonchev–Trinajstić information content (AvgIpc) is 2.53. The van der Waals surface area contributed by atoms with Crippen LogP contribution < -0.4 is 10.9 Å².